The lowest BCUT2D eigenvalue weighted by Crippen LogP contribution is -2.35. The van der Waals surface area contributed by atoms with Gasteiger partial charge in [0.05, 0.1) is 5.69 Å². The monoisotopic (exact) mass is 234 g/mol. The molecular formula is C13H15FN2O. The van der Waals surface area contributed by atoms with Gasteiger partial charge in [-0.05, 0) is 37.5 Å². The second-order valence-corrected chi connectivity index (χ2v) is 4.19. The first-order valence-electron chi connectivity index (χ1n) is 5.67. The van der Waals surface area contributed by atoms with Crippen molar-refractivity contribution in [2.24, 2.45) is 0 Å². The molecule has 17 heavy (non-hydrogen) atoms. The van der Waals surface area contributed by atoms with Gasteiger partial charge in [-0.3, -0.25) is 4.79 Å². The summed E-state index contributed by atoms with van der Waals surface area (Å²) in [5.41, 5.74) is 5.83. The summed E-state index contributed by atoms with van der Waals surface area (Å²) in [6.45, 7) is 0. The number of hydrogen-bond acceptors (Lipinski definition) is 2. The number of benzene rings is 1. The summed E-state index contributed by atoms with van der Waals surface area (Å²) >= 11 is 0. The number of nitrogen functional groups attached to an aromatic ring is 1. The van der Waals surface area contributed by atoms with E-state index in [9.17, 15) is 9.18 Å². The number of nitrogens with two attached hydrogens (primary N) is 1. The van der Waals surface area contributed by atoms with Gasteiger partial charge in [0.25, 0.3) is 5.91 Å². The Morgan fingerprint density at radius 2 is 2.24 bits per heavy atom. The number of carbonyl (C=O) groups excluding carboxylic acids is 1. The quantitative estimate of drug-likeness (QED) is 0.609. The Balaban J connectivity index is 2.03. The number of amides is 1. The summed E-state index contributed by atoms with van der Waals surface area (Å²) in [5.74, 6) is -0.695. The fourth-order valence-corrected chi connectivity index (χ4v) is 1.88. The highest BCUT2D eigenvalue weighted by Gasteiger charge is 2.14. The average molecular weight is 234 g/mol. The summed E-state index contributed by atoms with van der Waals surface area (Å²) in [7, 11) is 0. The van der Waals surface area contributed by atoms with Crippen molar-refractivity contribution in [3.05, 3.63) is 41.7 Å². The number of halogens is 1. The van der Waals surface area contributed by atoms with E-state index in [1.165, 1.54) is 18.2 Å². The van der Waals surface area contributed by atoms with E-state index >= 15 is 0 Å². The summed E-state index contributed by atoms with van der Waals surface area (Å²) in [6, 6.07) is 4.19. The molecule has 0 aromatic heterocycles. The predicted molar refractivity (Wildman–Crippen MR) is 65.1 cm³/mol. The van der Waals surface area contributed by atoms with E-state index in [-0.39, 0.29) is 17.6 Å². The maximum absolute atomic E-state index is 13.0. The fraction of sp³-hybridized carbons (Fsp3) is 0.308. The first-order chi connectivity index (χ1) is 8.16. The van der Waals surface area contributed by atoms with E-state index in [2.05, 4.69) is 17.5 Å². The van der Waals surface area contributed by atoms with Crippen molar-refractivity contribution in [2.75, 3.05) is 5.73 Å². The van der Waals surface area contributed by atoms with Gasteiger partial charge in [0.2, 0.25) is 0 Å². The first kappa shape index (κ1) is 11.6. The smallest absolute Gasteiger partial charge is 0.251 e. The van der Waals surface area contributed by atoms with Crippen LogP contribution in [0.15, 0.2) is 30.4 Å². The highest BCUT2D eigenvalue weighted by Crippen LogP contribution is 2.14. The molecule has 1 aromatic carbocycles. The SMILES string of the molecule is Nc1cc(C(=O)NC2CC=CCC2)ccc1F. The number of hydrogen-bond donors (Lipinski definition) is 2. The van der Waals surface area contributed by atoms with Crippen LogP contribution in [0.2, 0.25) is 0 Å². The van der Waals surface area contributed by atoms with Gasteiger partial charge in [-0.1, -0.05) is 12.2 Å². The molecule has 0 saturated heterocycles. The van der Waals surface area contributed by atoms with Gasteiger partial charge in [0.1, 0.15) is 5.82 Å². The number of carbonyl (C=O) groups is 1. The Bertz CT molecular complexity index is 457. The third-order valence-electron chi connectivity index (χ3n) is 2.86. The molecule has 0 spiro atoms. The van der Waals surface area contributed by atoms with Crippen molar-refractivity contribution in [3.63, 3.8) is 0 Å². The third kappa shape index (κ3) is 2.84. The Morgan fingerprint density at radius 1 is 1.41 bits per heavy atom. The maximum atomic E-state index is 13.0. The van der Waals surface area contributed by atoms with Gasteiger partial charge in [-0.2, -0.15) is 0 Å². The van der Waals surface area contributed by atoms with Crippen LogP contribution in [0.3, 0.4) is 0 Å². The highest BCUT2D eigenvalue weighted by atomic mass is 19.1. The maximum Gasteiger partial charge on any atom is 0.251 e. The van der Waals surface area contributed by atoms with Crippen LogP contribution in [-0.2, 0) is 0 Å². The minimum absolute atomic E-state index is 0.00110. The Hall–Kier alpha value is -1.84. The highest BCUT2D eigenvalue weighted by molar-refractivity contribution is 5.95. The van der Waals surface area contributed by atoms with Crippen LogP contribution in [0.5, 0.6) is 0 Å². The van der Waals surface area contributed by atoms with Gasteiger partial charge >= 0.3 is 0 Å². The van der Waals surface area contributed by atoms with Crippen LogP contribution in [-0.4, -0.2) is 11.9 Å². The lowest BCUT2D eigenvalue weighted by Gasteiger charge is -2.19. The van der Waals surface area contributed by atoms with Gasteiger partial charge in [-0.15, -0.1) is 0 Å². The lowest BCUT2D eigenvalue weighted by molar-refractivity contribution is 0.0934. The van der Waals surface area contributed by atoms with E-state index in [4.69, 9.17) is 5.73 Å². The van der Waals surface area contributed by atoms with Crippen LogP contribution < -0.4 is 11.1 Å². The zero-order valence-electron chi connectivity index (χ0n) is 9.45. The molecular weight excluding hydrogens is 219 g/mol. The summed E-state index contributed by atoms with van der Waals surface area (Å²) in [6.07, 6.45) is 6.95. The minimum atomic E-state index is -0.498. The Kier molecular flexibility index (Phi) is 3.42. The van der Waals surface area contributed by atoms with Gasteiger partial charge in [0, 0.05) is 11.6 Å². The summed E-state index contributed by atoms with van der Waals surface area (Å²) < 4.78 is 13.0. The van der Waals surface area contributed by atoms with Crippen LogP contribution in [0.25, 0.3) is 0 Å². The molecule has 1 aromatic rings. The van der Waals surface area contributed by atoms with Crippen molar-refractivity contribution < 1.29 is 9.18 Å². The van der Waals surface area contributed by atoms with Crippen LogP contribution in [0.1, 0.15) is 29.6 Å². The number of rotatable bonds is 2. The Labute approximate surface area is 99.5 Å². The zero-order chi connectivity index (χ0) is 12.3. The van der Waals surface area contributed by atoms with E-state index in [0.29, 0.717) is 5.56 Å². The number of allylic oxidation sites excluding steroid dienone is 1. The molecule has 3 N–H and O–H groups in total. The zero-order valence-corrected chi connectivity index (χ0v) is 9.45. The summed E-state index contributed by atoms with van der Waals surface area (Å²) in [5, 5.41) is 2.91. The molecule has 3 nitrogen and oxygen atoms in total. The molecule has 90 valence electrons. The molecule has 1 atom stereocenters. The van der Waals surface area contributed by atoms with Crippen molar-refractivity contribution in [2.45, 2.75) is 25.3 Å². The molecule has 0 saturated carbocycles. The molecule has 1 aliphatic carbocycles. The van der Waals surface area contributed by atoms with Gasteiger partial charge < -0.3 is 11.1 Å². The molecule has 4 heteroatoms. The molecule has 0 radical (unpaired) electrons. The van der Waals surface area contributed by atoms with E-state index in [1.54, 1.807) is 0 Å². The van der Waals surface area contributed by atoms with Crippen LogP contribution in [0.4, 0.5) is 10.1 Å². The van der Waals surface area contributed by atoms with Gasteiger partial charge in [-0.25, -0.2) is 4.39 Å². The minimum Gasteiger partial charge on any atom is -0.396 e. The third-order valence-corrected chi connectivity index (χ3v) is 2.86. The largest absolute Gasteiger partial charge is 0.396 e. The molecule has 1 amide bonds. The second kappa shape index (κ2) is 4.99. The van der Waals surface area contributed by atoms with Crippen molar-refractivity contribution in [3.8, 4) is 0 Å². The van der Waals surface area contributed by atoms with E-state index in [1.807, 2.05) is 0 Å². The summed E-state index contributed by atoms with van der Waals surface area (Å²) in [4.78, 5) is 11.9. The average Bonchev–Trinajstić information content (AvgIpc) is 2.34. The molecule has 0 heterocycles. The molecule has 1 unspecified atom stereocenters. The van der Waals surface area contributed by atoms with Crippen LogP contribution >= 0.6 is 0 Å². The molecule has 0 bridgehead atoms. The molecule has 1 aliphatic rings. The normalized spacial score (nSPS) is 19.0. The molecule has 2 rings (SSSR count). The van der Waals surface area contributed by atoms with E-state index in [0.717, 1.165) is 19.3 Å². The first-order valence-corrected chi connectivity index (χ1v) is 5.67. The van der Waals surface area contributed by atoms with Crippen molar-refractivity contribution >= 4 is 11.6 Å². The number of anilines is 1. The van der Waals surface area contributed by atoms with Crippen molar-refractivity contribution in [1.29, 1.82) is 0 Å². The molecule has 0 aliphatic heterocycles. The topological polar surface area (TPSA) is 55.1 Å². The standard InChI is InChI=1S/C13H15FN2O/c14-11-7-6-9(8-12(11)15)13(17)16-10-4-2-1-3-5-10/h1-2,6-8,10H,3-5,15H2,(H,16,17). The van der Waals surface area contributed by atoms with Crippen LogP contribution in [0, 0.1) is 5.82 Å². The van der Waals surface area contributed by atoms with E-state index < -0.39 is 5.82 Å². The Morgan fingerprint density at radius 3 is 2.88 bits per heavy atom. The predicted octanol–water partition coefficient (Wildman–Crippen LogP) is 2.25. The van der Waals surface area contributed by atoms with Crippen molar-refractivity contribution in [1.82, 2.24) is 5.32 Å². The fourth-order valence-electron chi connectivity index (χ4n) is 1.88. The second-order valence-electron chi connectivity index (χ2n) is 4.19. The van der Waals surface area contributed by atoms with Gasteiger partial charge in [0.15, 0.2) is 0 Å². The number of nitrogens with one attached hydrogen (secondary N) is 1. The molecule has 0 fully saturated rings. The lowest BCUT2D eigenvalue weighted by atomic mass is 10.0.